The number of ether oxygens (including phenoxy) is 2. The lowest BCUT2D eigenvalue weighted by molar-refractivity contribution is -0.141. The number of aryl methyl sites for hydroxylation is 1. The number of aliphatic hydroxyl groups is 1. The van der Waals surface area contributed by atoms with Gasteiger partial charge in [-0.05, 0) is 130 Å². The number of phenolic OH excluding ortho intramolecular Hbond substituents is 1. The second-order valence-electron chi connectivity index (χ2n) is 29.5. The van der Waals surface area contributed by atoms with Crippen LogP contribution in [0.15, 0.2) is 70.8 Å². The van der Waals surface area contributed by atoms with Crippen molar-refractivity contribution in [2.45, 2.75) is 174 Å². The Labute approximate surface area is 566 Å². The van der Waals surface area contributed by atoms with Crippen molar-refractivity contribution in [2.75, 3.05) is 68.8 Å². The van der Waals surface area contributed by atoms with E-state index in [-0.39, 0.29) is 118 Å². The first-order valence-corrected chi connectivity index (χ1v) is 37.3. The first kappa shape index (κ1) is 68.2. The highest BCUT2D eigenvalue weighted by atomic mass is 32.1. The van der Waals surface area contributed by atoms with Gasteiger partial charge in [-0.25, -0.2) is 18.6 Å². The fourth-order valence-corrected chi connectivity index (χ4v) is 22.2. The number of benzene rings is 3. The van der Waals surface area contributed by atoms with Crippen molar-refractivity contribution in [1.29, 1.82) is 0 Å². The van der Waals surface area contributed by atoms with Gasteiger partial charge in [0.05, 0.1) is 51.3 Å². The number of nitrogens with zero attached hydrogens (tertiary/aromatic N) is 10. The molecule has 5 fully saturated rings. The standard InChI is InChI=1S/C73H91F2N11O8SSi/c1-40(2)62(70(90)85-38-54(88)30-59(85)69(89)78-44(9)46-14-16-47(17-15-46)67-45(10)77-39-95-67)60-31-61(81-94-60)83-34-49-22-24-82(33-50(49)35-83)25-26-92-71-79-66-57(68(80-71)84-36-51-19-20-52(37-84)86(51)72(91)93-73(11,12)13)32-76-65(64(66)75)56-29-53(87)28-48-18-21-58(74)55(63(48)56)23-27-96(41(3)4,42(5)6)43(7)8/h14-18,21,28-29,31-32,39-44,49-52,54,59,62,87-88H,19-20,22,24-26,30,33-38H2,1-13H3,(H,78,89)/t44-,49-,50+,51?,52?,54+,59-,62+/m0/s1. The molecule has 2 unspecified atom stereocenters. The molecular formula is C73H91F2N11O8SSi. The number of β-amino-alcohol motifs (C(OH)–C–C–N with tert-alkyl or cyclic N) is 1. The van der Waals surface area contributed by atoms with Crippen molar-refractivity contribution >= 4 is 70.6 Å². The lowest BCUT2D eigenvalue weighted by atomic mass is 9.89. The third-order valence-electron chi connectivity index (χ3n) is 20.9. The molecule has 5 aliphatic rings. The molecule has 0 spiro atoms. The van der Waals surface area contributed by atoms with Gasteiger partial charge in [-0.2, -0.15) is 9.97 Å². The minimum atomic E-state index is -2.37. The number of nitrogens with one attached hydrogen (secondary N) is 1. The number of amides is 3. The zero-order valence-electron chi connectivity index (χ0n) is 57.5. The lowest BCUT2D eigenvalue weighted by Gasteiger charge is -2.42. The Balaban J connectivity index is 0.757. The largest absolute Gasteiger partial charge is 0.508 e. The summed E-state index contributed by atoms with van der Waals surface area (Å²) in [6.45, 7) is 31.1. The molecule has 8 atom stereocenters. The molecule has 5 aliphatic heterocycles. The molecule has 19 nitrogen and oxygen atoms in total. The number of phenols is 1. The fraction of sp³-hybridized carbons (Fsp3) is 0.534. The fourth-order valence-electron chi connectivity index (χ4n) is 16.1. The average molecular weight is 1350 g/mol. The molecule has 0 radical (unpaired) electrons. The number of halogens is 2. The van der Waals surface area contributed by atoms with Crippen LogP contribution in [-0.4, -0.2) is 165 Å². The Morgan fingerprint density at radius 2 is 1.56 bits per heavy atom. The quantitative estimate of drug-likeness (QED) is 0.0571. The number of hydrogen-bond donors (Lipinski definition) is 3. The number of anilines is 2. The first-order valence-electron chi connectivity index (χ1n) is 34.1. The monoisotopic (exact) mass is 1350 g/mol. The van der Waals surface area contributed by atoms with E-state index in [1.54, 1.807) is 17.4 Å². The van der Waals surface area contributed by atoms with Gasteiger partial charge in [0.1, 0.15) is 60.8 Å². The van der Waals surface area contributed by atoms with Gasteiger partial charge in [-0.3, -0.25) is 24.4 Å². The summed E-state index contributed by atoms with van der Waals surface area (Å²) in [6, 6.07) is 14.1. The molecule has 23 heteroatoms. The smallest absolute Gasteiger partial charge is 0.410 e. The second kappa shape index (κ2) is 27.3. The Morgan fingerprint density at radius 3 is 2.23 bits per heavy atom. The van der Waals surface area contributed by atoms with Crippen LogP contribution in [0, 0.1) is 47.8 Å². The van der Waals surface area contributed by atoms with Gasteiger partial charge in [-0.1, -0.05) is 96.8 Å². The van der Waals surface area contributed by atoms with Crippen molar-refractivity contribution in [1.82, 2.24) is 45.1 Å². The van der Waals surface area contributed by atoms with E-state index in [1.165, 1.54) is 29.3 Å². The Hall–Kier alpha value is -7.78. The van der Waals surface area contributed by atoms with Crippen molar-refractivity contribution in [3.63, 3.8) is 0 Å². The van der Waals surface area contributed by atoms with Gasteiger partial charge in [0, 0.05) is 75.4 Å². The Bertz CT molecular complexity index is 4090. The summed E-state index contributed by atoms with van der Waals surface area (Å²) in [5, 5.41) is 31.0. The molecule has 7 aromatic rings. The van der Waals surface area contributed by atoms with Gasteiger partial charge in [-0.15, -0.1) is 16.9 Å². The number of carbonyl (C=O) groups excluding carboxylic acids is 3. The van der Waals surface area contributed by atoms with Gasteiger partial charge in [0.25, 0.3) is 0 Å². The molecule has 0 aliphatic carbocycles. The molecule has 0 saturated carbocycles. The summed E-state index contributed by atoms with van der Waals surface area (Å²) in [4.78, 5) is 72.3. The molecule has 2 bridgehead atoms. The number of piperazine rings is 1. The van der Waals surface area contributed by atoms with Crippen molar-refractivity contribution in [3.8, 4) is 44.9 Å². The highest BCUT2D eigenvalue weighted by Gasteiger charge is 2.48. The van der Waals surface area contributed by atoms with E-state index >= 15 is 8.78 Å². The highest BCUT2D eigenvalue weighted by Crippen LogP contribution is 2.45. The summed E-state index contributed by atoms with van der Waals surface area (Å²) in [5.41, 5.74) is 8.62. The van der Waals surface area contributed by atoms with E-state index in [9.17, 15) is 24.6 Å². The molecule has 4 aromatic heterocycles. The topological polar surface area (TPSA) is 216 Å². The van der Waals surface area contributed by atoms with Crippen molar-refractivity contribution in [3.05, 3.63) is 101 Å². The highest BCUT2D eigenvalue weighted by molar-refractivity contribution is 7.13. The van der Waals surface area contributed by atoms with Crippen molar-refractivity contribution in [2.24, 2.45) is 17.8 Å². The third kappa shape index (κ3) is 13.4. The average Bonchev–Trinajstić information content (AvgIpc) is 0.799. The minimum absolute atomic E-state index is 0.0264. The van der Waals surface area contributed by atoms with Crippen LogP contribution in [0.5, 0.6) is 11.8 Å². The number of aliphatic hydroxyl groups excluding tert-OH is 1. The summed E-state index contributed by atoms with van der Waals surface area (Å²) in [6.07, 6.45) is 2.84. The van der Waals surface area contributed by atoms with E-state index in [0.717, 1.165) is 60.6 Å². The zero-order chi connectivity index (χ0) is 68.4. The summed E-state index contributed by atoms with van der Waals surface area (Å²) in [5.74, 6) is 2.33. The van der Waals surface area contributed by atoms with Crippen LogP contribution in [0.1, 0.15) is 143 Å². The number of pyridine rings is 1. The Morgan fingerprint density at radius 1 is 0.854 bits per heavy atom. The first-order chi connectivity index (χ1) is 45.7. The number of carbonyl (C=O) groups is 3. The number of rotatable bonds is 17. The van der Waals surface area contributed by atoms with Crippen LogP contribution in [-0.2, 0) is 14.3 Å². The summed E-state index contributed by atoms with van der Waals surface area (Å²) < 4.78 is 52.9. The van der Waals surface area contributed by atoms with Gasteiger partial charge < -0.3 is 44.2 Å². The summed E-state index contributed by atoms with van der Waals surface area (Å²) >= 11 is 1.58. The van der Waals surface area contributed by atoms with E-state index in [1.807, 2.05) is 89.2 Å². The van der Waals surface area contributed by atoms with E-state index in [2.05, 4.69) is 83.2 Å². The van der Waals surface area contributed by atoms with E-state index in [4.69, 9.17) is 28.9 Å². The number of piperidine rings is 1. The molecule has 510 valence electrons. The molecule has 9 heterocycles. The predicted octanol–water partition coefficient (Wildman–Crippen LogP) is 12.8. The molecule has 12 rings (SSSR count). The number of aromatic hydroxyl groups is 1. The Kier molecular flexibility index (Phi) is 19.4. The lowest BCUT2D eigenvalue weighted by Crippen LogP contribution is -2.57. The second-order valence-corrected chi connectivity index (χ2v) is 36.0. The number of likely N-dealkylation sites (tertiary alicyclic amines) is 2. The zero-order valence-corrected chi connectivity index (χ0v) is 59.3. The predicted molar refractivity (Wildman–Crippen MR) is 372 cm³/mol. The molecule has 3 amide bonds. The van der Waals surface area contributed by atoms with Crippen LogP contribution in [0.3, 0.4) is 0 Å². The van der Waals surface area contributed by atoms with Gasteiger partial charge in [0.2, 0.25) is 11.8 Å². The number of fused-ring (bicyclic) bond motifs is 5. The molecule has 96 heavy (non-hydrogen) atoms. The van der Waals surface area contributed by atoms with Crippen LogP contribution in [0.2, 0.25) is 16.6 Å². The molecule has 5 saturated heterocycles. The van der Waals surface area contributed by atoms with Gasteiger partial charge in [0.15, 0.2) is 17.4 Å². The maximum Gasteiger partial charge on any atom is 0.410 e. The van der Waals surface area contributed by atoms with Gasteiger partial charge >= 0.3 is 12.1 Å². The minimum Gasteiger partial charge on any atom is -0.508 e. The molecule has 3 aromatic carbocycles. The maximum absolute atomic E-state index is 18.0. The molecule has 3 N–H and O–H groups in total. The van der Waals surface area contributed by atoms with E-state index < -0.39 is 43.4 Å². The number of aromatic nitrogens is 5. The number of thiazole rings is 1. The normalized spacial score (nSPS) is 21.4. The SMILES string of the molecule is Cc1ncsc1-c1ccc([C@H](C)NC(=O)[C@@H]2C[C@@H](O)CN2C(=O)[C@@H](c2cc(N3C[C@H]4CN(CCOc5nc(N6CC7CCC(C6)N7C(=O)OC(C)(C)C)c6cnc(-c7cc(O)cc8ccc(F)c(C#C[Si](C(C)C)(C(C)C)C(C)C)c78)c(F)c6n5)CC[C@H]4C3)no2)C(C)C)cc1. The molecular weight excluding hydrogens is 1260 g/mol. The maximum atomic E-state index is 18.0. The number of hydrogen-bond acceptors (Lipinski definition) is 17. The van der Waals surface area contributed by atoms with Crippen LogP contribution < -0.4 is 19.9 Å². The third-order valence-corrected chi connectivity index (χ3v) is 28.1. The van der Waals surface area contributed by atoms with Crippen LogP contribution in [0.25, 0.3) is 43.4 Å². The van der Waals surface area contributed by atoms with E-state index in [0.29, 0.717) is 65.7 Å². The van der Waals surface area contributed by atoms with Crippen molar-refractivity contribution < 1.29 is 47.4 Å². The summed E-state index contributed by atoms with van der Waals surface area (Å²) in [7, 11) is -2.37. The van der Waals surface area contributed by atoms with Crippen LogP contribution >= 0.6 is 11.3 Å². The van der Waals surface area contributed by atoms with Crippen LogP contribution in [0.4, 0.5) is 25.2 Å².